The van der Waals surface area contributed by atoms with E-state index in [2.05, 4.69) is 0 Å². The number of fused-ring (bicyclic) bond motifs is 1. The van der Waals surface area contributed by atoms with Crippen LogP contribution in [0.3, 0.4) is 0 Å². The Morgan fingerprint density at radius 2 is 1.89 bits per heavy atom. The molecule has 1 aliphatic heterocycles. The fourth-order valence-corrected chi connectivity index (χ4v) is 3.32. The lowest BCUT2D eigenvalue weighted by molar-refractivity contribution is -0.134. The predicted octanol–water partition coefficient (Wildman–Crippen LogP) is 2.32. The molecule has 1 saturated carbocycles. The molecule has 1 heterocycles. The molecule has 2 fully saturated rings. The molecule has 0 bridgehead atoms. The van der Waals surface area contributed by atoms with E-state index >= 15 is 0 Å². The van der Waals surface area contributed by atoms with Gasteiger partial charge in [0, 0.05) is 18.0 Å². The summed E-state index contributed by atoms with van der Waals surface area (Å²) in [5, 5.41) is 9.26. The van der Waals surface area contributed by atoms with Crippen LogP contribution in [-0.2, 0) is 4.79 Å². The van der Waals surface area contributed by atoms with Gasteiger partial charge in [-0.3, -0.25) is 14.5 Å². The van der Waals surface area contributed by atoms with E-state index in [-0.39, 0.29) is 23.6 Å². The SMILES string of the molecule is O=C1CCC2CCCC2N1C(=O)c1ccc(O)cc1. The largest absolute Gasteiger partial charge is 0.508 e. The number of aromatic hydroxyl groups is 1. The van der Waals surface area contributed by atoms with Gasteiger partial charge in [0.1, 0.15) is 5.75 Å². The van der Waals surface area contributed by atoms with Gasteiger partial charge < -0.3 is 5.11 Å². The van der Waals surface area contributed by atoms with Gasteiger partial charge in [0.2, 0.25) is 5.91 Å². The molecule has 2 unspecified atom stereocenters. The second-order valence-electron chi connectivity index (χ2n) is 5.41. The Morgan fingerprint density at radius 1 is 1.16 bits per heavy atom. The molecule has 1 aromatic carbocycles. The number of phenols is 1. The van der Waals surface area contributed by atoms with Gasteiger partial charge in [0.05, 0.1) is 0 Å². The number of rotatable bonds is 1. The molecule has 4 nitrogen and oxygen atoms in total. The molecule has 4 heteroatoms. The van der Waals surface area contributed by atoms with E-state index in [1.807, 2.05) is 0 Å². The van der Waals surface area contributed by atoms with Gasteiger partial charge in [-0.2, -0.15) is 0 Å². The van der Waals surface area contributed by atoms with Crippen molar-refractivity contribution in [2.24, 2.45) is 5.92 Å². The number of carbonyl (C=O) groups is 2. The summed E-state index contributed by atoms with van der Waals surface area (Å²) in [6, 6.07) is 6.19. The van der Waals surface area contributed by atoms with E-state index in [1.165, 1.54) is 17.0 Å². The lowest BCUT2D eigenvalue weighted by Crippen LogP contribution is -2.49. The number of piperidine rings is 1. The zero-order valence-corrected chi connectivity index (χ0v) is 10.7. The van der Waals surface area contributed by atoms with E-state index < -0.39 is 0 Å². The van der Waals surface area contributed by atoms with Crippen LogP contribution in [0, 0.1) is 5.92 Å². The lowest BCUT2D eigenvalue weighted by Gasteiger charge is -2.36. The van der Waals surface area contributed by atoms with Gasteiger partial charge in [0.15, 0.2) is 0 Å². The topological polar surface area (TPSA) is 57.6 Å². The zero-order valence-electron chi connectivity index (χ0n) is 10.7. The zero-order chi connectivity index (χ0) is 13.4. The fourth-order valence-electron chi connectivity index (χ4n) is 3.32. The van der Waals surface area contributed by atoms with Crippen LogP contribution in [0.4, 0.5) is 0 Å². The van der Waals surface area contributed by atoms with Crippen molar-refractivity contribution in [3.8, 4) is 5.75 Å². The number of amides is 2. The minimum Gasteiger partial charge on any atom is -0.508 e. The molecule has 1 saturated heterocycles. The number of carbonyl (C=O) groups excluding carboxylic acids is 2. The third-order valence-electron chi connectivity index (χ3n) is 4.28. The molecule has 100 valence electrons. The Morgan fingerprint density at radius 3 is 2.63 bits per heavy atom. The summed E-state index contributed by atoms with van der Waals surface area (Å²) in [6.45, 7) is 0. The summed E-state index contributed by atoms with van der Waals surface area (Å²) < 4.78 is 0. The quantitative estimate of drug-likeness (QED) is 0.787. The van der Waals surface area contributed by atoms with Crippen LogP contribution in [0.1, 0.15) is 42.5 Å². The molecule has 2 aliphatic rings. The van der Waals surface area contributed by atoms with E-state index in [0.29, 0.717) is 17.9 Å². The Kier molecular flexibility index (Phi) is 3.01. The van der Waals surface area contributed by atoms with Gasteiger partial charge in [0.25, 0.3) is 5.91 Å². The predicted molar refractivity (Wildman–Crippen MR) is 69.6 cm³/mol. The highest BCUT2D eigenvalue weighted by molar-refractivity contribution is 6.05. The molecule has 0 spiro atoms. The first-order valence-electron chi connectivity index (χ1n) is 6.82. The van der Waals surface area contributed by atoms with Gasteiger partial charge >= 0.3 is 0 Å². The summed E-state index contributed by atoms with van der Waals surface area (Å²) >= 11 is 0. The van der Waals surface area contributed by atoms with Gasteiger partial charge in [-0.15, -0.1) is 0 Å². The van der Waals surface area contributed by atoms with E-state index in [9.17, 15) is 14.7 Å². The third-order valence-corrected chi connectivity index (χ3v) is 4.28. The van der Waals surface area contributed by atoms with Crippen LogP contribution in [-0.4, -0.2) is 27.9 Å². The van der Waals surface area contributed by atoms with Crippen LogP contribution in [0.25, 0.3) is 0 Å². The minimum atomic E-state index is -0.221. The van der Waals surface area contributed by atoms with E-state index in [4.69, 9.17) is 0 Å². The Bertz CT molecular complexity index is 509. The van der Waals surface area contributed by atoms with Crippen molar-refractivity contribution in [1.82, 2.24) is 4.90 Å². The van der Waals surface area contributed by atoms with Crippen LogP contribution >= 0.6 is 0 Å². The smallest absolute Gasteiger partial charge is 0.260 e. The molecule has 1 aliphatic carbocycles. The summed E-state index contributed by atoms with van der Waals surface area (Å²) in [4.78, 5) is 26.0. The Labute approximate surface area is 112 Å². The lowest BCUT2D eigenvalue weighted by atomic mass is 9.91. The number of hydrogen-bond acceptors (Lipinski definition) is 3. The first kappa shape index (κ1) is 12.2. The van der Waals surface area contributed by atoms with Crippen LogP contribution < -0.4 is 0 Å². The molecule has 2 atom stereocenters. The van der Waals surface area contributed by atoms with Gasteiger partial charge in [-0.1, -0.05) is 6.42 Å². The highest BCUT2D eigenvalue weighted by Gasteiger charge is 2.41. The normalized spacial score (nSPS) is 26.3. The average molecular weight is 259 g/mol. The molecule has 19 heavy (non-hydrogen) atoms. The first-order valence-corrected chi connectivity index (χ1v) is 6.82. The van der Waals surface area contributed by atoms with E-state index in [0.717, 1.165) is 25.7 Å². The molecule has 0 radical (unpaired) electrons. The second kappa shape index (κ2) is 4.68. The number of imide groups is 1. The number of nitrogens with zero attached hydrogens (tertiary/aromatic N) is 1. The van der Waals surface area contributed by atoms with Gasteiger partial charge in [-0.05, 0) is 49.4 Å². The minimum absolute atomic E-state index is 0.0544. The van der Waals surface area contributed by atoms with Crippen LogP contribution in [0.5, 0.6) is 5.75 Å². The highest BCUT2D eigenvalue weighted by Crippen LogP contribution is 2.37. The standard InChI is InChI=1S/C15H17NO3/c17-12-7-4-11(5-8-12)15(19)16-13-3-1-2-10(13)6-9-14(16)18/h4-5,7-8,10,13,17H,1-3,6,9H2. The number of likely N-dealkylation sites (tertiary alicyclic amines) is 1. The molecular formula is C15H17NO3. The number of phenolic OH excluding ortho intramolecular Hbond substituents is 1. The monoisotopic (exact) mass is 259 g/mol. The average Bonchev–Trinajstić information content (AvgIpc) is 2.87. The van der Waals surface area contributed by atoms with Crippen molar-refractivity contribution in [2.45, 2.75) is 38.1 Å². The third kappa shape index (κ3) is 2.11. The van der Waals surface area contributed by atoms with Crippen molar-refractivity contribution in [1.29, 1.82) is 0 Å². The fraction of sp³-hybridized carbons (Fsp3) is 0.467. The molecule has 3 rings (SSSR count). The second-order valence-corrected chi connectivity index (χ2v) is 5.41. The molecule has 0 aromatic heterocycles. The molecule has 2 amide bonds. The summed E-state index contributed by atoms with van der Waals surface area (Å²) in [5.41, 5.74) is 0.471. The molecule has 1 aromatic rings. The maximum Gasteiger partial charge on any atom is 0.260 e. The Balaban J connectivity index is 1.88. The summed E-state index contributed by atoms with van der Waals surface area (Å²) in [7, 11) is 0. The number of hydrogen-bond donors (Lipinski definition) is 1. The summed E-state index contributed by atoms with van der Waals surface area (Å²) in [5.74, 6) is 0.335. The van der Waals surface area contributed by atoms with Crippen molar-refractivity contribution in [3.05, 3.63) is 29.8 Å². The van der Waals surface area contributed by atoms with E-state index in [1.54, 1.807) is 12.1 Å². The maximum atomic E-state index is 12.5. The maximum absolute atomic E-state index is 12.5. The van der Waals surface area contributed by atoms with Crippen molar-refractivity contribution < 1.29 is 14.7 Å². The Hall–Kier alpha value is -1.84. The first-order chi connectivity index (χ1) is 9.16. The number of benzene rings is 1. The highest BCUT2D eigenvalue weighted by atomic mass is 16.3. The summed E-state index contributed by atoms with van der Waals surface area (Å²) in [6.07, 6.45) is 4.55. The van der Waals surface area contributed by atoms with Crippen LogP contribution in [0.2, 0.25) is 0 Å². The molecule has 1 N–H and O–H groups in total. The van der Waals surface area contributed by atoms with Crippen LogP contribution in [0.15, 0.2) is 24.3 Å². The van der Waals surface area contributed by atoms with Gasteiger partial charge in [-0.25, -0.2) is 0 Å². The van der Waals surface area contributed by atoms with Crippen molar-refractivity contribution in [2.75, 3.05) is 0 Å². The molecular weight excluding hydrogens is 242 g/mol. The van der Waals surface area contributed by atoms with Crippen molar-refractivity contribution >= 4 is 11.8 Å². The van der Waals surface area contributed by atoms with Crippen molar-refractivity contribution in [3.63, 3.8) is 0 Å².